The summed E-state index contributed by atoms with van der Waals surface area (Å²) in [5.41, 5.74) is 5.76. The third kappa shape index (κ3) is 2.85. The molecular weight excluding hydrogens is 304 g/mol. The number of thiophene rings is 1. The molecule has 0 saturated heterocycles. The van der Waals surface area contributed by atoms with Gasteiger partial charge >= 0.3 is 0 Å². The fraction of sp³-hybridized carbons (Fsp3) is 0.467. The molecule has 0 radical (unpaired) electrons. The number of benzene rings is 1. The van der Waals surface area contributed by atoms with Gasteiger partial charge in [-0.3, -0.25) is 0 Å². The van der Waals surface area contributed by atoms with Crippen LogP contribution in [0.1, 0.15) is 31.1 Å². The van der Waals surface area contributed by atoms with Gasteiger partial charge in [-0.1, -0.05) is 25.1 Å². The largest absolute Gasteiger partial charge is 0.326 e. The average molecular weight is 324 g/mol. The van der Waals surface area contributed by atoms with Gasteiger partial charge in [-0.05, 0) is 31.2 Å². The van der Waals surface area contributed by atoms with E-state index in [2.05, 4.69) is 11.6 Å². The molecule has 3 N–H and O–H groups in total. The highest BCUT2D eigenvalue weighted by Crippen LogP contribution is 2.35. The quantitative estimate of drug-likeness (QED) is 0.908. The Kier molecular flexibility index (Phi) is 4.05. The summed E-state index contributed by atoms with van der Waals surface area (Å²) >= 11 is 1.47. The van der Waals surface area contributed by atoms with Gasteiger partial charge in [0.1, 0.15) is 4.90 Å². The van der Waals surface area contributed by atoms with Gasteiger partial charge in [-0.25, -0.2) is 13.1 Å². The van der Waals surface area contributed by atoms with Gasteiger partial charge < -0.3 is 5.73 Å². The summed E-state index contributed by atoms with van der Waals surface area (Å²) in [6.45, 7) is 2.41. The topological polar surface area (TPSA) is 72.2 Å². The molecule has 21 heavy (non-hydrogen) atoms. The van der Waals surface area contributed by atoms with Crippen molar-refractivity contribution < 1.29 is 8.42 Å². The van der Waals surface area contributed by atoms with Crippen molar-refractivity contribution in [3.63, 3.8) is 0 Å². The lowest BCUT2D eigenvalue weighted by atomic mass is 10.1. The molecule has 0 aliphatic heterocycles. The van der Waals surface area contributed by atoms with E-state index in [9.17, 15) is 8.42 Å². The predicted octanol–water partition coefficient (Wildman–Crippen LogP) is 2.83. The second kappa shape index (κ2) is 5.68. The number of hydrogen-bond acceptors (Lipinski definition) is 4. The molecule has 4 nitrogen and oxygen atoms in total. The maximum absolute atomic E-state index is 12.8. The summed E-state index contributed by atoms with van der Waals surface area (Å²) < 4.78 is 29.4. The van der Waals surface area contributed by atoms with Crippen molar-refractivity contribution in [2.75, 3.05) is 0 Å². The van der Waals surface area contributed by atoms with Crippen LogP contribution in [-0.2, 0) is 16.6 Å². The normalized spacial score (nSPS) is 23.0. The van der Waals surface area contributed by atoms with Crippen LogP contribution in [0.15, 0.2) is 29.2 Å². The third-order valence-corrected chi connectivity index (χ3v) is 7.06. The van der Waals surface area contributed by atoms with Crippen molar-refractivity contribution >= 4 is 31.4 Å². The molecule has 2 unspecified atom stereocenters. The molecule has 1 aliphatic carbocycles. The number of hydrogen-bond donors (Lipinski definition) is 2. The number of fused-ring (bicyclic) bond motifs is 1. The first-order valence-corrected chi connectivity index (χ1v) is 9.54. The molecule has 3 rings (SSSR count). The summed E-state index contributed by atoms with van der Waals surface area (Å²) in [4.78, 5) is 1.11. The Bertz CT molecular complexity index is 752. The lowest BCUT2D eigenvalue weighted by Crippen LogP contribution is -2.33. The Balaban J connectivity index is 2.01. The first-order valence-electron chi connectivity index (χ1n) is 7.24. The van der Waals surface area contributed by atoms with Gasteiger partial charge in [0.15, 0.2) is 0 Å². The first kappa shape index (κ1) is 15.0. The molecule has 0 spiro atoms. The average Bonchev–Trinajstić information content (AvgIpc) is 3.01. The monoisotopic (exact) mass is 324 g/mol. The lowest BCUT2D eigenvalue weighted by molar-refractivity contribution is 0.538. The van der Waals surface area contributed by atoms with Crippen LogP contribution in [0.5, 0.6) is 0 Å². The number of sulfonamides is 1. The zero-order valence-electron chi connectivity index (χ0n) is 12.0. The second-order valence-electron chi connectivity index (χ2n) is 5.79. The number of nitrogens with two attached hydrogens (primary N) is 1. The molecule has 0 amide bonds. The molecule has 2 atom stereocenters. The van der Waals surface area contributed by atoms with Crippen LogP contribution in [0.2, 0.25) is 0 Å². The van der Waals surface area contributed by atoms with Crippen molar-refractivity contribution in [2.45, 2.75) is 43.7 Å². The minimum absolute atomic E-state index is 0.0503. The smallest absolute Gasteiger partial charge is 0.242 e. The standard InChI is InChI=1S/C15H20N2O2S2/c1-10-6-7-11(8-10)17-21(18,19)15-12-4-2-3-5-13(12)20-14(15)9-16/h2-5,10-11,17H,6-9,16H2,1H3. The minimum Gasteiger partial charge on any atom is -0.326 e. The van der Waals surface area contributed by atoms with E-state index in [1.807, 2.05) is 24.3 Å². The fourth-order valence-corrected chi connectivity index (χ4v) is 6.21. The Morgan fingerprint density at radius 2 is 2.10 bits per heavy atom. The number of rotatable bonds is 4. The van der Waals surface area contributed by atoms with Crippen LogP contribution in [0.25, 0.3) is 10.1 Å². The van der Waals surface area contributed by atoms with Crippen LogP contribution in [0, 0.1) is 5.92 Å². The summed E-state index contributed by atoms with van der Waals surface area (Å²) in [5, 5.41) is 0.779. The van der Waals surface area contributed by atoms with Gasteiger partial charge in [0.2, 0.25) is 10.0 Å². The van der Waals surface area contributed by atoms with Gasteiger partial charge in [0, 0.05) is 27.5 Å². The first-order chi connectivity index (χ1) is 10.0. The van der Waals surface area contributed by atoms with E-state index in [-0.39, 0.29) is 12.6 Å². The maximum atomic E-state index is 12.8. The van der Waals surface area contributed by atoms with Crippen molar-refractivity contribution in [1.82, 2.24) is 4.72 Å². The zero-order chi connectivity index (χ0) is 15.0. The molecule has 1 aliphatic rings. The molecule has 1 heterocycles. The molecule has 1 saturated carbocycles. The van der Waals surface area contributed by atoms with Crippen LogP contribution >= 0.6 is 11.3 Å². The van der Waals surface area contributed by atoms with Crippen LogP contribution in [-0.4, -0.2) is 14.5 Å². The molecule has 6 heteroatoms. The highest BCUT2D eigenvalue weighted by molar-refractivity contribution is 7.90. The van der Waals surface area contributed by atoms with E-state index in [4.69, 9.17) is 5.73 Å². The summed E-state index contributed by atoms with van der Waals surface area (Å²) in [7, 11) is -3.51. The van der Waals surface area contributed by atoms with Crippen molar-refractivity contribution in [1.29, 1.82) is 0 Å². The Morgan fingerprint density at radius 1 is 1.33 bits per heavy atom. The van der Waals surface area contributed by atoms with Gasteiger partial charge in [0.05, 0.1) is 0 Å². The van der Waals surface area contributed by atoms with Crippen LogP contribution in [0.3, 0.4) is 0 Å². The summed E-state index contributed by atoms with van der Waals surface area (Å²) in [6.07, 6.45) is 2.92. The van der Waals surface area contributed by atoms with E-state index in [1.54, 1.807) is 0 Å². The van der Waals surface area contributed by atoms with E-state index >= 15 is 0 Å². The van der Waals surface area contributed by atoms with Crippen molar-refractivity contribution in [3.8, 4) is 0 Å². The molecule has 1 aromatic heterocycles. The Hall–Kier alpha value is -0.950. The van der Waals surface area contributed by atoms with Gasteiger partial charge in [0.25, 0.3) is 0 Å². The summed E-state index contributed by atoms with van der Waals surface area (Å²) in [5.74, 6) is 0.589. The highest BCUT2D eigenvalue weighted by Gasteiger charge is 2.29. The highest BCUT2D eigenvalue weighted by atomic mass is 32.2. The van der Waals surface area contributed by atoms with Crippen molar-refractivity contribution in [2.24, 2.45) is 11.7 Å². The molecule has 1 fully saturated rings. The SMILES string of the molecule is CC1CCC(NS(=O)(=O)c2c(CN)sc3ccccc23)C1. The minimum atomic E-state index is -3.51. The zero-order valence-corrected chi connectivity index (χ0v) is 13.6. The molecule has 1 aromatic carbocycles. The molecular formula is C15H20N2O2S2. The molecule has 114 valence electrons. The Labute approximate surface area is 129 Å². The summed E-state index contributed by atoms with van der Waals surface area (Å²) in [6, 6.07) is 7.63. The molecule has 2 aromatic rings. The van der Waals surface area contributed by atoms with E-state index in [0.717, 1.165) is 34.2 Å². The Morgan fingerprint density at radius 3 is 2.76 bits per heavy atom. The van der Waals surface area contributed by atoms with Crippen LogP contribution < -0.4 is 10.5 Å². The van der Waals surface area contributed by atoms with E-state index in [0.29, 0.717) is 10.8 Å². The van der Waals surface area contributed by atoms with E-state index in [1.165, 1.54) is 11.3 Å². The fourth-order valence-electron chi connectivity index (χ4n) is 3.09. The molecule has 0 bridgehead atoms. The van der Waals surface area contributed by atoms with Gasteiger partial charge in [-0.15, -0.1) is 11.3 Å². The lowest BCUT2D eigenvalue weighted by Gasteiger charge is -2.13. The maximum Gasteiger partial charge on any atom is 0.242 e. The van der Waals surface area contributed by atoms with E-state index < -0.39 is 10.0 Å². The van der Waals surface area contributed by atoms with Crippen molar-refractivity contribution in [3.05, 3.63) is 29.1 Å². The second-order valence-corrected chi connectivity index (χ2v) is 8.58. The van der Waals surface area contributed by atoms with Crippen LogP contribution in [0.4, 0.5) is 0 Å². The number of nitrogens with one attached hydrogen (secondary N) is 1. The third-order valence-electron chi connectivity index (χ3n) is 4.09. The predicted molar refractivity (Wildman–Crippen MR) is 86.8 cm³/mol. The van der Waals surface area contributed by atoms with Gasteiger partial charge in [-0.2, -0.15) is 0 Å².